The monoisotopic (exact) mass is 283 g/mol. The van der Waals surface area contributed by atoms with Crippen LogP contribution >= 0.6 is 0 Å². The fourth-order valence-corrected chi connectivity index (χ4v) is 2.51. The lowest BCUT2D eigenvalue weighted by Crippen LogP contribution is -2.41. The summed E-state index contributed by atoms with van der Waals surface area (Å²) in [7, 11) is 0. The SMILES string of the molecule is Cc1cccc(-c2cccc(OCC3CNCCO3)c2)c1. The third-order valence-corrected chi connectivity index (χ3v) is 3.63. The molecule has 21 heavy (non-hydrogen) atoms. The molecule has 3 rings (SSSR count). The van der Waals surface area contributed by atoms with Gasteiger partial charge >= 0.3 is 0 Å². The first kappa shape index (κ1) is 14.1. The molecule has 2 aromatic carbocycles. The van der Waals surface area contributed by atoms with E-state index >= 15 is 0 Å². The standard InChI is InChI=1S/C18H21NO2/c1-14-4-2-5-15(10-14)16-6-3-7-17(11-16)21-13-18-12-19-8-9-20-18/h2-7,10-11,18-19H,8-9,12-13H2,1H3. The molecule has 0 saturated carbocycles. The number of hydrogen-bond donors (Lipinski definition) is 1. The molecule has 1 fully saturated rings. The van der Waals surface area contributed by atoms with Crippen molar-refractivity contribution in [1.29, 1.82) is 0 Å². The van der Waals surface area contributed by atoms with E-state index in [4.69, 9.17) is 9.47 Å². The predicted molar refractivity (Wildman–Crippen MR) is 84.7 cm³/mol. The topological polar surface area (TPSA) is 30.5 Å². The highest BCUT2D eigenvalue weighted by molar-refractivity contribution is 5.65. The van der Waals surface area contributed by atoms with Gasteiger partial charge in [-0.15, -0.1) is 0 Å². The first-order chi connectivity index (χ1) is 10.3. The molecule has 0 aliphatic carbocycles. The number of nitrogens with one attached hydrogen (secondary N) is 1. The van der Waals surface area contributed by atoms with Gasteiger partial charge in [0.05, 0.1) is 6.61 Å². The number of ether oxygens (including phenoxy) is 2. The molecular weight excluding hydrogens is 262 g/mol. The molecule has 0 bridgehead atoms. The summed E-state index contributed by atoms with van der Waals surface area (Å²) in [5.41, 5.74) is 3.66. The van der Waals surface area contributed by atoms with Crippen LogP contribution in [-0.2, 0) is 4.74 Å². The van der Waals surface area contributed by atoms with Gasteiger partial charge in [-0.2, -0.15) is 0 Å². The number of hydrogen-bond acceptors (Lipinski definition) is 3. The van der Waals surface area contributed by atoms with E-state index in [1.54, 1.807) is 0 Å². The number of aryl methyl sites for hydroxylation is 1. The van der Waals surface area contributed by atoms with Crippen LogP contribution in [0.4, 0.5) is 0 Å². The quantitative estimate of drug-likeness (QED) is 0.935. The Morgan fingerprint density at radius 2 is 1.95 bits per heavy atom. The summed E-state index contributed by atoms with van der Waals surface area (Å²) < 4.78 is 11.5. The van der Waals surface area contributed by atoms with Crippen molar-refractivity contribution in [2.24, 2.45) is 0 Å². The highest BCUT2D eigenvalue weighted by Gasteiger charge is 2.13. The minimum atomic E-state index is 0.140. The third kappa shape index (κ3) is 3.84. The zero-order valence-corrected chi connectivity index (χ0v) is 12.3. The molecule has 1 atom stereocenters. The number of benzene rings is 2. The van der Waals surface area contributed by atoms with Crippen LogP contribution in [0.1, 0.15) is 5.56 Å². The molecule has 2 aromatic rings. The van der Waals surface area contributed by atoms with Crippen LogP contribution in [0.2, 0.25) is 0 Å². The first-order valence-corrected chi connectivity index (χ1v) is 7.43. The van der Waals surface area contributed by atoms with Crippen LogP contribution in [-0.4, -0.2) is 32.4 Å². The fraction of sp³-hybridized carbons (Fsp3) is 0.333. The van der Waals surface area contributed by atoms with Crippen molar-refractivity contribution in [1.82, 2.24) is 5.32 Å². The highest BCUT2D eigenvalue weighted by Crippen LogP contribution is 2.24. The average Bonchev–Trinajstić information content (AvgIpc) is 2.54. The second kappa shape index (κ2) is 6.74. The molecule has 0 radical (unpaired) electrons. The van der Waals surface area contributed by atoms with Crippen LogP contribution in [0, 0.1) is 6.92 Å². The van der Waals surface area contributed by atoms with Crippen molar-refractivity contribution in [3.63, 3.8) is 0 Å². The summed E-state index contributed by atoms with van der Waals surface area (Å²) in [4.78, 5) is 0. The Morgan fingerprint density at radius 1 is 1.14 bits per heavy atom. The van der Waals surface area contributed by atoms with E-state index < -0.39 is 0 Å². The Kier molecular flexibility index (Phi) is 4.53. The summed E-state index contributed by atoms with van der Waals surface area (Å²) in [5, 5.41) is 3.31. The molecule has 3 heteroatoms. The van der Waals surface area contributed by atoms with Crippen molar-refractivity contribution in [2.45, 2.75) is 13.0 Å². The maximum absolute atomic E-state index is 5.87. The van der Waals surface area contributed by atoms with E-state index in [1.807, 2.05) is 12.1 Å². The molecule has 1 heterocycles. The minimum absolute atomic E-state index is 0.140. The molecule has 1 aliphatic rings. The largest absolute Gasteiger partial charge is 0.491 e. The van der Waals surface area contributed by atoms with Gasteiger partial charge in [-0.1, -0.05) is 42.0 Å². The van der Waals surface area contributed by atoms with Gasteiger partial charge < -0.3 is 14.8 Å². The van der Waals surface area contributed by atoms with Gasteiger partial charge in [0.1, 0.15) is 18.5 Å². The van der Waals surface area contributed by atoms with E-state index in [0.29, 0.717) is 6.61 Å². The van der Waals surface area contributed by atoms with Crippen LogP contribution in [0.25, 0.3) is 11.1 Å². The molecule has 0 spiro atoms. The Bertz CT molecular complexity index is 591. The van der Waals surface area contributed by atoms with Crippen molar-refractivity contribution >= 4 is 0 Å². The number of rotatable bonds is 4. The normalized spacial score (nSPS) is 18.4. The molecule has 110 valence electrons. The Labute approximate surface area is 125 Å². The molecule has 0 aromatic heterocycles. The van der Waals surface area contributed by atoms with Gasteiger partial charge in [0.25, 0.3) is 0 Å². The minimum Gasteiger partial charge on any atom is -0.491 e. The fourth-order valence-electron chi connectivity index (χ4n) is 2.51. The van der Waals surface area contributed by atoms with E-state index in [0.717, 1.165) is 25.4 Å². The maximum atomic E-state index is 5.87. The van der Waals surface area contributed by atoms with Crippen molar-refractivity contribution in [3.05, 3.63) is 54.1 Å². The van der Waals surface area contributed by atoms with Crippen molar-refractivity contribution in [3.8, 4) is 16.9 Å². The maximum Gasteiger partial charge on any atom is 0.120 e. The van der Waals surface area contributed by atoms with Crippen molar-refractivity contribution < 1.29 is 9.47 Å². The lowest BCUT2D eigenvalue weighted by Gasteiger charge is -2.23. The van der Waals surface area contributed by atoms with E-state index in [1.165, 1.54) is 16.7 Å². The second-order valence-electron chi connectivity index (χ2n) is 5.41. The molecule has 1 saturated heterocycles. The highest BCUT2D eigenvalue weighted by atomic mass is 16.5. The summed E-state index contributed by atoms with van der Waals surface area (Å²) in [6.45, 7) is 5.25. The second-order valence-corrected chi connectivity index (χ2v) is 5.41. The Hall–Kier alpha value is -1.84. The van der Waals surface area contributed by atoms with E-state index in [9.17, 15) is 0 Å². The molecule has 1 N–H and O–H groups in total. The number of morpholine rings is 1. The predicted octanol–water partition coefficient (Wildman–Crippen LogP) is 3.03. The summed E-state index contributed by atoms with van der Waals surface area (Å²) in [6, 6.07) is 16.7. The first-order valence-electron chi connectivity index (χ1n) is 7.43. The van der Waals surface area contributed by atoms with Crippen LogP contribution in [0.3, 0.4) is 0 Å². The van der Waals surface area contributed by atoms with Crippen molar-refractivity contribution in [2.75, 3.05) is 26.3 Å². The van der Waals surface area contributed by atoms with Crippen LogP contribution < -0.4 is 10.1 Å². The molecule has 3 nitrogen and oxygen atoms in total. The third-order valence-electron chi connectivity index (χ3n) is 3.63. The van der Waals surface area contributed by atoms with Gasteiger partial charge in [-0.25, -0.2) is 0 Å². The van der Waals surface area contributed by atoms with Gasteiger partial charge in [0.2, 0.25) is 0 Å². The van der Waals surface area contributed by atoms with Gasteiger partial charge in [-0.3, -0.25) is 0 Å². The van der Waals surface area contributed by atoms with E-state index in [-0.39, 0.29) is 6.10 Å². The zero-order valence-electron chi connectivity index (χ0n) is 12.3. The summed E-state index contributed by atoms with van der Waals surface area (Å²) in [5.74, 6) is 0.892. The molecular formula is C18H21NO2. The van der Waals surface area contributed by atoms with Gasteiger partial charge in [0.15, 0.2) is 0 Å². The summed E-state index contributed by atoms with van der Waals surface area (Å²) >= 11 is 0. The summed E-state index contributed by atoms with van der Waals surface area (Å²) in [6.07, 6.45) is 0.140. The average molecular weight is 283 g/mol. The molecule has 0 amide bonds. The van der Waals surface area contributed by atoms with E-state index in [2.05, 4.69) is 48.6 Å². The molecule has 1 unspecified atom stereocenters. The Balaban J connectivity index is 1.68. The zero-order chi connectivity index (χ0) is 14.5. The van der Waals surface area contributed by atoms with Crippen LogP contribution in [0.15, 0.2) is 48.5 Å². The Morgan fingerprint density at radius 3 is 2.71 bits per heavy atom. The van der Waals surface area contributed by atoms with Gasteiger partial charge in [-0.05, 0) is 30.2 Å². The molecule has 1 aliphatic heterocycles. The lowest BCUT2D eigenvalue weighted by atomic mass is 10.0. The van der Waals surface area contributed by atoms with Crippen LogP contribution in [0.5, 0.6) is 5.75 Å². The smallest absolute Gasteiger partial charge is 0.120 e. The van der Waals surface area contributed by atoms with Gasteiger partial charge in [0, 0.05) is 13.1 Å². The lowest BCUT2D eigenvalue weighted by molar-refractivity contribution is 0.000205.